The number of carbonyl (C=O) groups excluding carboxylic acids is 2. The molecule has 0 amide bonds. The zero-order valence-electron chi connectivity index (χ0n) is 28.5. The minimum Gasteiger partial charge on any atom is -0.289 e. The zero-order valence-corrected chi connectivity index (χ0v) is 33.2. The molecule has 0 aliphatic heterocycles. The maximum atomic E-state index is 12.6. The Labute approximate surface area is 338 Å². The van der Waals surface area contributed by atoms with Crippen molar-refractivity contribution < 1.29 is 26.4 Å². The van der Waals surface area contributed by atoms with E-state index in [0.29, 0.717) is 11.1 Å². The van der Waals surface area contributed by atoms with Crippen molar-refractivity contribution in [3.05, 3.63) is 199 Å². The van der Waals surface area contributed by atoms with Gasteiger partial charge in [0.25, 0.3) is 0 Å². The molecule has 0 radical (unpaired) electrons. The van der Waals surface area contributed by atoms with E-state index in [0.717, 1.165) is 21.2 Å². The van der Waals surface area contributed by atoms with Gasteiger partial charge in [-0.15, -0.1) is 6.42 Å². The van der Waals surface area contributed by atoms with Crippen molar-refractivity contribution >= 4 is 70.7 Å². The first-order valence-electron chi connectivity index (χ1n) is 15.8. The third-order valence-corrected chi connectivity index (χ3v) is 10.6. The Bertz CT molecular complexity index is 2660. The Hall–Kier alpha value is -5.34. The van der Waals surface area contributed by atoms with Crippen LogP contribution in [0.15, 0.2) is 160 Å². The summed E-state index contributed by atoms with van der Waals surface area (Å²) in [6, 6.07) is 40.6. The van der Waals surface area contributed by atoms with Gasteiger partial charge < -0.3 is 0 Å². The maximum Gasteiger partial charge on any atom is 0.239 e. The van der Waals surface area contributed by atoms with E-state index in [9.17, 15) is 26.4 Å². The molecule has 0 saturated heterocycles. The van der Waals surface area contributed by atoms with Crippen LogP contribution in [-0.4, -0.2) is 28.4 Å². The van der Waals surface area contributed by atoms with Crippen molar-refractivity contribution in [2.24, 2.45) is 10.3 Å². The van der Waals surface area contributed by atoms with Crippen LogP contribution >= 0.6 is 39.1 Å². The van der Waals surface area contributed by atoms with Gasteiger partial charge in [0.05, 0.1) is 10.0 Å². The molecule has 0 aromatic heterocycles. The second kappa shape index (κ2) is 19.3. The SMILES string of the molecule is C#Cc1ccccc1.NS(=O)(=O)c1cc(C(=O)c2ccc(Br)cc2)ccc1Cl.NS(=O)(=O)c1cc(C(=O)c2ccc(C#Cc3ccccc3)cc2)ccc1Cl. The summed E-state index contributed by atoms with van der Waals surface area (Å²) in [6.45, 7) is 0. The Morgan fingerprint density at radius 2 is 0.855 bits per heavy atom. The lowest BCUT2D eigenvalue weighted by Gasteiger charge is -2.06. The third-order valence-electron chi connectivity index (χ3n) is 7.32. The quantitative estimate of drug-likeness (QED) is 0.127. The van der Waals surface area contributed by atoms with Crippen molar-refractivity contribution in [3.8, 4) is 24.2 Å². The van der Waals surface area contributed by atoms with E-state index in [-0.39, 0.29) is 42.5 Å². The molecule has 0 heterocycles. The fourth-order valence-electron chi connectivity index (χ4n) is 4.57. The lowest BCUT2D eigenvalue weighted by atomic mass is 10.0. The highest BCUT2D eigenvalue weighted by molar-refractivity contribution is 9.10. The molecule has 13 heteroatoms. The van der Waals surface area contributed by atoms with E-state index in [4.69, 9.17) is 39.9 Å². The van der Waals surface area contributed by atoms with Crippen LogP contribution in [0.1, 0.15) is 48.5 Å². The molecular weight excluding hydrogens is 843 g/mol. The fraction of sp³-hybridized carbons (Fsp3) is 0. The average molecular weight is 873 g/mol. The molecule has 6 aromatic carbocycles. The molecule has 0 fully saturated rings. The Kier molecular flexibility index (Phi) is 14.9. The van der Waals surface area contributed by atoms with Crippen LogP contribution < -0.4 is 10.3 Å². The van der Waals surface area contributed by atoms with Crippen molar-refractivity contribution in [3.63, 3.8) is 0 Å². The number of sulfonamides is 2. The van der Waals surface area contributed by atoms with Gasteiger partial charge in [0.15, 0.2) is 11.6 Å². The minimum absolute atomic E-state index is 0.0140. The summed E-state index contributed by atoms with van der Waals surface area (Å²) < 4.78 is 46.7. The van der Waals surface area contributed by atoms with Crippen LogP contribution in [0.5, 0.6) is 0 Å². The number of terminal acetylenes is 1. The highest BCUT2D eigenvalue weighted by Gasteiger charge is 2.18. The molecule has 276 valence electrons. The molecule has 0 saturated carbocycles. The molecule has 55 heavy (non-hydrogen) atoms. The molecule has 8 nitrogen and oxygen atoms in total. The van der Waals surface area contributed by atoms with E-state index in [1.165, 1.54) is 36.4 Å². The van der Waals surface area contributed by atoms with E-state index >= 15 is 0 Å². The van der Waals surface area contributed by atoms with Crippen LogP contribution in [0.4, 0.5) is 0 Å². The molecule has 0 unspecified atom stereocenters. The van der Waals surface area contributed by atoms with Crippen LogP contribution in [0.25, 0.3) is 0 Å². The standard InChI is InChI=1S/C21H14ClNO3S.C13H9BrClNO3S.C8H6/c22-19-13-12-18(14-20(19)27(23,25)26)21(24)17-10-8-16(9-11-17)7-6-15-4-2-1-3-5-15;14-10-4-1-8(2-5-10)13(17)9-3-6-11(15)12(7-9)20(16,18)19;1-2-8-6-4-3-5-7-8/h1-5,8-14H,(H2,23,25,26);1-7H,(H2,16,18,19);1,3-7H. The van der Waals surface area contributed by atoms with Gasteiger partial charge in [-0.2, -0.15) is 0 Å². The average Bonchev–Trinajstić information content (AvgIpc) is 3.18. The molecule has 0 spiro atoms. The lowest BCUT2D eigenvalue weighted by Crippen LogP contribution is -2.14. The summed E-state index contributed by atoms with van der Waals surface area (Å²) in [5.41, 5.74) is 3.84. The zero-order chi connectivity index (χ0) is 40.2. The van der Waals surface area contributed by atoms with Gasteiger partial charge >= 0.3 is 0 Å². The topological polar surface area (TPSA) is 154 Å². The highest BCUT2D eigenvalue weighted by atomic mass is 79.9. The Morgan fingerprint density at radius 3 is 1.22 bits per heavy atom. The van der Waals surface area contributed by atoms with Gasteiger partial charge in [0, 0.05) is 43.4 Å². The number of primary sulfonamides is 2. The molecular formula is C42H29BrCl2N2O6S2. The summed E-state index contributed by atoms with van der Waals surface area (Å²) in [5.74, 6) is 7.96. The third kappa shape index (κ3) is 12.6. The number of halogens is 3. The molecule has 0 bridgehead atoms. The predicted octanol–water partition coefficient (Wildman–Crippen LogP) is 8.27. The molecule has 6 rings (SSSR count). The summed E-state index contributed by atoms with van der Waals surface area (Å²) in [6.07, 6.45) is 5.10. The second-order valence-corrected chi connectivity index (χ2v) is 16.0. The summed E-state index contributed by atoms with van der Waals surface area (Å²) in [7, 11) is -7.98. The van der Waals surface area contributed by atoms with Gasteiger partial charge in [0.1, 0.15) is 9.79 Å². The molecule has 6 aromatic rings. The van der Waals surface area contributed by atoms with Gasteiger partial charge in [-0.25, -0.2) is 27.1 Å². The van der Waals surface area contributed by atoms with Crippen molar-refractivity contribution in [1.29, 1.82) is 0 Å². The number of hydrogen-bond donors (Lipinski definition) is 2. The number of hydrogen-bond acceptors (Lipinski definition) is 6. The Morgan fingerprint density at radius 1 is 0.509 bits per heavy atom. The van der Waals surface area contributed by atoms with Crippen LogP contribution in [0.3, 0.4) is 0 Å². The monoisotopic (exact) mass is 870 g/mol. The molecule has 0 aliphatic carbocycles. The van der Waals surface area contributed by atoms with Crippen LogP contribution in [-0.2, 0) is 20.0 Å². The first-order valence-corrected chi connectivity index (χ1v) is 20.4. The van der Waals surface area contributed by atoms with Crippen molar-refractivity contribution in [1.82, 2.24) is 0 Å². The first kappa shape index (κ1) is 42.4. The number of rotatable bonds is 6. The molecule has 0 atom stereocenters. The van der Waals surface area contributed by atoms with E-state index < -0.39 is 20.0 Å². The number of benzene rings is 6. The second-order valence-electron chi connectivity index (χ2n) is 11.2. The number of carbonyl (C=O) groups is 2. The normalized spacial score (nSPS) is 10.5. The van der Waals surface area contributed by atoms with Gasteiger partial charge in [-0.05, 0) is 109 Å². The fourth-order valence-corrected chi connectivity index (χ4v) is 6.97. The maximum absolute atomic E-state index is 12.6. The molecule has 0 aliphatic rings. The van der Waals surface area contributed by atoms with Gasteiger partial charge in [-0.1, -0.05) is 93.3 Å². The van der Waals surface area contributed by atoms with Crippen molar-refractivity contribution in [2.75, 3.05) is 0 Å². The summed E-state index contributed by atoms with van der Waals surface area (Å²) in [4.78, 5) is 24.3. The van der Waals surface area contributed by atoms with Crippen molar-refractivity contribution in [2.45, 2.75) is 9.79 Å². The molecule has 4 N–H and O–H groups in total. The smallest absolute Gasteiger partial charge is 0.239 e. The van der Waals surface area contributed by atoms with E-state index in [1.807, 2.05) is 60.7 Å². The summed E-state index contributed by atoms with van der Waals surface area (Å²) >= 11 is 14.9. The minimum atomic E-state index is -4.01. The predicted molar refractivity (Wildman–Crippen MR) is 220 cm³/mol. The largest absolute Gasteiger partial charge is 0.289 e. The van der Waals surface area contributed by atoms with Gasteiger partial charge in [-0.3, -0.25) is 9.59 Å². The number of ketones is 2. The number of nitrogens with two attached hydrogens (primary N) is 2. The van der Waals surface area contributed by atoms with E-state index in [2.05, 4.69) is 33.7 Å². The van der Waals surface area contributed by atoms with Crippen LogP contribution in [0, 0.1) is 24.2 Å². The highest BCUT2D eigenvalue weighted by Crippen LogP contribution is 2.25. The Balaban J connectivity index is 0.000000209. The van der Waals surface area contributed by atoms with Crippen LogP contribution in [0.2, 0.25) is 10.0 Å². The summed E-state index contributed by atoms with van der Waals surface area (Å²) in [5, 5.41) is 10.1. The van der Waals surface area contributed by atoms with Gasteiger partial charge in [0.2, 0.25) is 20.0 Å². The van der Waals surface area contributed by atoms with E-state index in [1.54, 1.807) is 48.5 Å². The lowest BCUT2D eigenvalue weighted by molar-refractivity contribution is 0.103. The first-order chi connectivity index (χ1) is 26.1.